The maximum atomic E-state index is 12.5. The van der Waals surface area contributed by atoms with Crippen LogP contribution in [0.15, 0.2) is 89.2 Å². The molecule has 0 bridgehead atoms. The normalized spacial score (nSPS) is 11.0. The minimum Gasteiger partial charge on any atom is -0.465 e. The molecular weight excluding hydrogens is 330 g/mol. The van der Waals surface area contributed by atoms with E-state index in [1.165, 1.54) is 12.3 Å². The van der Waals surface area contributed by atoms with E-state index in [-0.39, 0.29) is 12.3 Å². The Kier molecular flexibility index (Phi) is 5.62. The Bertz CT molecular complexity index is 884. The van der Waals surface area contributed by atoms with Crippen molar-refractivity contribution >= 4 is 18.0 Å². The summed E-state index contributed by atoms with van der Waals surface area (Å²) in [6.07, 6.45) is 2.92. The average Bonchev–Trinajstić information content (AvgIpc) is 3.20. The number of rotatable bonds is 6. The highest BCUT2D eigenvalue weighted by atomic mass is 16.5. The summed E-state index contributed by atoms with van der Waals surface area (Å²) >= 11 is 0. The first-order valence-corrected chi connectivity index (χ1v) is 8.05. The fourth-order valence-corrected chi connectivity index (χ4v) is 2.25. The predicted octanol–water partition coefficient (Wildman–Crippen LogP) is 3.79. The third kappa shape index (κ3) is 4.70. The molecule has 3 aromatic rings. The van der Waals surface area contributed by atoms with Gasteiger partial charge in [0.25, 0.3) is 5.91 Å². The number of nitrogens with one attached hydrogen (secondary N) is 1. The smallest absolute Gasteiger partial charge is 0.355 e. The number of hydrogen-bond donors (Lipinski definition) is 1. The van der Waals surface area contributed by atoms with Gasteiger partial charge in [0.05, 0.1) is 6.26 Å². The maximum absolute atomic E-state index is 12.5. The van der Waals surface area contributed by atoms with Gasteiger partial charge in [-0.1, -0.05) is 48.5 Å². The van der Waals surface area contributed by atoms with Gasteiger partial charge in [-0.3, -0.25) is 4.79 Å². The highest BCUT2D eigenvalue weighted by Gasteiger charge is 2.16. The van der Waals surface area contributed by atoms with Crippen LogP contribution >= 0.6 is 0 Å². The van der Waals surface area contributed by atoms with Crippen molar-refractivity contribution in [3.05, 3.63) is 102 Å². The van der Waals surface area contributed by atoms with Gasteiger partial charge in [0.15, 0.2) is 0 Å². The molecule has 1 aromatic heterocycles. The van der Waals surface area contributed by atoms with Crippen LogP contribution in [0.2, 0.25) is 0 Å². The topological polar surface area (TPSA) is 68.5 Å². The summed E-state index contributed by atoms with van der Waals surface area (Å²) in [6, 6.07) is 21.3. The Morgan fingerprint density at radius 3 is 2.27 bits per heavy atom. The molecule has 0 radical (unpaired) electrons. The molecule has 1 heterocycles. The summed E-state index contributed by atoms with van der Waals surface area (Å²) in [5.74, 6) is -0.611. The number of ether oxygens (including phenoxy) is 1. The zero-order valence-corrected chi connectivity index (χ0v) is 13.9. The van der Waals surface area contributed by atoms with E-state index in [2.05, 4.69) is 5.32 Å². The Morgan fingerprint density at radius 1 is 0.923 bits per heavy atom. The summed E-state index contributed by atoms with van der Waals surface area (Å²) in [5.41, 5.74) is 1.30. The van der Waals surface area contributed by atoms with E-state index >= 15 is 0 Å². The quantitative estimate of drug-likeness (QED) is 0.544. The molecule has 0 fully saturated rings. The van der Waals surface area contributed by atoms with Crippen molar-refractivity contribution in [1.82, 2.24) is 5.32 Å². The summed E-state index contributed by atoms with van der Waals surface area (Å²) in [6.45, 7) is 0.108. The van der Waals surface area contributed by atoms with Crippen LogP contribution in [0, 0.1) is 0 Å². The number of carbonyl (C=O) groups is 2. The first-order valence-electron chi connectivity index (χ1n) is 8.05. The summed E-state index contributed by atoms with van der Waals surface area (Å²) < 4.78 is 10.5. The third-order valence-electron chi connectivity index (χ3n) is 3.55. The number of esters is 1. The van der Waals surface area contributed by atoms with Gasteiger partial charge in [0.1, 0.15) is 18.1 Å². The van der Waals surface area contributed by atoms with E-state index in [9.17, 15) is 9.59 Å². The number of amides is 1. The Balaban J connectivity index is 1.75. The molecule has 0 saturated heterocycles. The first kappa shape index (κ1) is 17.2. The standard InChI is InChI=1S/C21H17NO4/c23-20(17-10-5-2-6-11-17)22-19(14-18-12-7-13-25-18)21(24)26-15-16-8-3-1-4-9-16/h1-14H,15H2,(H,22,23)/b19-14-. The summed E-state index contributed by atoms with van der Waals surface area (Å²) in [7, 11) is 0. The molecule has 2 aromatic carbocycles. The minimum absolute atomic E-state index is 0.00438. The van der Waals surface area contributed by atoms with Gasteiger partial charge in [-0.25, -0.2) is 4.79 Å². The highest BCUT2D eigenvalue weighted by molar-refractivity contribution is 6.03. The second-order valence-electron chi connectivity index (χ2n) is 5.46. The average molecular weight is 347 g/mol. The minimum atomic E-state index is -0.644. The van der Waals surface area contributed by atoms with Crippen LogP contribution in [0.3, 0.4) is 0 Å². The van der Waals surface area contributed by atoms with Gasteiger partial charge in [-0.2, -0.15) is 0 Å². The molecule has 5 nitrogen and oxygen atoms in total. The molecule has 1 amide bonds. The summed E-state index contributed by atoms with van der Waals surface area (Å²) in [5, 5.41) is 2.60. The van der Waals surface area contributed by atoms with Crippen molar-refractivity contribution in [1.29, 1.82) is 0 Å². The zero-order chi connectivity index (χ0) is 18.2. The number of furan rings is 1. The van der Waals surface area contributed by atoms with E-state index in [0.717, 1.165) is 5.56 Å². The molecular formula is C21H17NO4. The molecule has 5 heteroatoms. The molecule has 3 rings (SSSR count). The van der Waals surface area contributed by atoms with Crippen LogP contribution in [0.1, 0.15) is 21.7 Å². The molecule has 0 spiro atoms. The van der Waals surface area contributed by atoms with Crippen LogP contribution < -0.4 is 5.32 Å². The maximum Gasteiger partial charge on any atom is 0.355 e. The predicted molar refractivity (Wildman–Crippen MR) is 96.8 cm³/mol. The summed E-state index contributed by atoms with van der Waals surface area (Å²) in [4.78, 5) is 24.8. The van der Waals surface area contributed by atoms with E-state index in [0.29, 0.717) is 11.3 Å². The number of hydrogen-bond acceptors (Lipinski definition) is 4. The van der Waals surface area contributed by atoms with Crippen molar-refractivity contribution in [3.63, 3.8) is 0 Å². The Morgan fingerprint density at radius 2 is 1.62 bits per heavy atom. The number of benzene rings is 2. The molecule has 130 valence electrons. The van der Waals surface area contributed by atoms with Crippen molar-refractivity contribution in [2.75, 3.05) is 0 Å². The van der Waals surface area contributed by atoms with E-state index in [1.807, 2.05) is 36.4 Å². The lowest BCUT2D eigenvalue weighted by molar-refractivity contribution is -0.140. The first-order chi connectivity index (χ1) is 12.7. The van der Waals surface area contributed by atoms with Crippen LogP contribution in [0.4, 0.5) is 0 Å². The van der Waals surface area contributed by atoms with Gasteiger partial charge in [0, 0.05) is 11.6 Å². The molecule has 0 aliphatic rings. The third-order valence-corrected chi connectivity index (χ3v) is 3.55. The van der Waals surface area contributed by atoms with E-state index < -0.39 is 11.9 Å². The fourth-order valence-electron chi connectivity index (χ4n) is 2.25. The van der Waals surface area contributed by atoms with Gasteiger partial charge in [-0.05, 0) is 29.8 Å². The van der Waals surface area contributed by atoms with E-state index in [1.54, 1.807) is 36.4 Å². The number of carbonyl (C=O) groups excluding carboxylic acids is 2. The van der Waals surface area contributed by atoms with Gasteiger partial charge in [-0.15, -0.1) is 0 Å². The zero-order valence-electron chi connectivity index (χ0n) is 13.9. The van der Waals surface area contributed by atoms with Crippen molar-refractivity contribution in [2.24, 2.45) is 0 Å². The lowest BCUT2D eigenvalue weighted by Gasteiger charge is -2.10. The lowest BCUT2D eigenvalue weighted by Crippen LogP contribution is -2.28. The lowest BCUT2D eigenvalue weighted by atomic mass is 10.2. The van der Waals surface area contributed by atoms with Gasteiger partial charge in [0.2, 0.25) is 0 Å². The van der Waals surface area contributed by atoms with Crippen LogP contribution in [0.5, 0.6) is 0 Å². The molecule has 0 saturated carbocycles. The molecule has 0 aliphatic carbocycles. The molecule has 0 atom stereocenters. The van der Waals surface area contributed by atoms with Crippen molar-refractivity contribution in [3.8, 4) is 0 Å². The van der Waals surface area contributed by atoms with Crippen molar-refractivity contribution < 1.29 is 18.7 Å². The Labute approximate surface area is 150 Å². The fraction of sp³-hybridized carbons (Fsp3) is 0.0476. The largest absolute Gasteiger partial charge is 0.465 e. The van der Waals surface area contributed by atoms with E-state index in [4.69, 9.17) is 9.15 Å². The SMILES string of the molecule is O=C(OCc1ccccc1)/C(=C/c1ccco1)NC(=O)c1ccccc1. The monoisotopic (exact) mass is 347 g/mol. The van der Waals surface area contributed by atoms with Crippen LogP contribution in [0.25, 0.3) is 6.08 Å². The molecule has 0 aliphatic heterocycles. The van der Waals surface area contributed by atoms with Gasteiger partial charge >= 0.3 is 5.97 Å². The molecule has 0 unspecified atom stereocenters. The molecule has 26 heavy (non-hydrogen) atoms. The van der Waals surface area contributed by atoms with Crippen LogP contribution in [-0.4, -0.2) is 11.9 Å². The Hall–Kier alpha value is -3.60. The van der Waals surface area contributed by atoms with Crippen molar-refractivity contribution in [2.45, 2.75) is 6.61 Å². The molecule has 1 N–H and O–H groups in total. The highest BCUT2D eigenvalue weighted by Crippen LogP contribution is 2.10. The van der Waals surface area contributed by atoms with Gasteiger partial charge < -0.3 is 14.5 Å². The van der Waals surface area contributed by atoms with Crippen LogP contribution in [-0.2, 0) is 16.1 Å². The second-order valence-corrected chi connectivity index (χ2v) is 5.46. The second kappa shape index (κ2) is 8.48.